The number of allylic oxidation sites excluding steroid dienone is 1. The van der Waals surface area contributed by atoms with Crippen LogP contribution in [0.15, 0.2) is 11.6 Å². The van der Waals surface area contributed by atoms with E-state index in [1.54, 1.807) is 6.92 Å². The molecule has 83 heavy (non-hydrogen) atoms. The van der Waals surface area contributed by atoms with Crippen molar-refractivity contribution in [3.8, 4) is 0 Å². The molecule has 0 spiro atoms. The number of aliphatic hydroxyl groups is 14. The maximum absolute atomic E-state index is 13.5. The van der Waals surface area contributed by atoms with Gasteiger partial charge in [-0.05, 0) is 107 Å². The summed E-state index contributed by atoms with van der Waals surface area (Å²) in [7, 11) is 0. The molecule has 0 aromatic rings. The van der Waals surface area contributed by atoms with E-state index in [4.69, 9.17) is 52.1 Å². The van der Waals surface area contributed by atoms with Gasteiger partial charge in [0, 0.05) is 12.3 Å². The fourth-order valence-electron chi connectivity index (χ4n) is 14.9. The minimum atomic E-state index is -1.89. The zero-order valence-corrected chi connectivity index (χ0v) is 47.7. The standard InChI is InChI=1S/C56H90O27/c1-20(19-73-52-43(68)40(65)38(63)32(17-57)78-52)7-12-34(60)77-31-16-29-27-9-8-25-15-26(13-14-56(25,6)30(27)11-10-28(29)35(31)22(3)59)76-55-49(82-51-21(2)36(61)42(67)50(72)83-51)46(71)48(33(18-58)79-55)81-54-45(70)41(66)47(24(5)75-54)80-53-44(69)39(64)37(62)23(4)74-53/h8,20-21,23-24,26-33,35-55,57-58,61-72H,7,9-19H2,1-6H3. The minimum absolute atomic E-state index is 0.0243. The molecule has 0 radical (unpaired) electrons. The molecule has 27 nitrogen and oxygen atoms in total. The predicted octanol–water partition coefficient (Wildman–Crippen LogP) is -3.54. The first-order valence-electron chi connectivity index (χ1n) is 29.6. The van der Waals surface area contributed by atoms with Crippen LogP contribution in [0.3, 0.4) is 0 Å². The molecule has 5 heterocycles. The van der Waals surface area contributed by atoms with Gasteiger partial charge in [0.25, 0.3) is 0 Å². The lowest BCUT2D eigenvalue weighted by Crippen LogP contribution is -2.67. The number of Topliss-reactive ketones (excluding diaryl/α,β-unsaturated/α-hetero) is 1. The van der Waals surface area contributed by atoms with Crippen LogP contribution in [0.2, 0.25) is 0 Å². The van der Waals surface area contributed by atoms with Crippen molar-refractivity contribution < 1.29 is 133 Å². The molecule has 9 aliphatic rings. The van der Waals surface area contributed by atoms with Crippen LogP contribution in [-0.4, -0.2) is 263 Å². The Kier molecular flexibility index (Phi) is 21.2. The van der Waals surface area contributed by atoms with Crippen LogP contribution in [-0.2, 0) is 61.7 Å². The summed E-state index contributed by atoms with van der Waals surface area (Å²) < 4.78 is 65.7. The Morgan fingerprint density at radius 1 is 0.614 bits per heavy atom. The van der Waals surface area contributed by atoms with Gasteiger partial charge in [0.1, 0.15) is 103 Å². The van der Waals surface area contributed by atoms with Gasteiger partial charge < -0.3 is 124 Å². The molecule has 0 bridgehead atoms. The van der Waals surface area contributed by atoms with Crippen LogP contribution >= 0.6 is 0 Å². The Labute approximate surface area is 481 Å². The van der Waals surface area contributed by atoms with Gasteiger partial charge in [0.15, 0.2) is 37.7 Å². The van der Waals surface area contributed by atoms with E-state index in [-0.39, 0.29) is 53.8 Å². The van der Waals surface area contributed by atoms with Crippen molar-refractivity contribution in [2.75, 3.05) is 19.8 Å². The Hall–Kier alpha value is -2.08. The zero-order valence-electron chi connectivity index (χ0n) is 47.7. The largest absolute Gasteiger partial charge is 0.462 e. The summed E-state index contributed by atoms with van der Waals surface area (Å²) in [6, 6.07) is 0. The van der Waals surface area contributed by atoms with Crippen molar-refractivity contribution >= 4 is 11.8 Å². The van der Waals surface area contributed by atoms with Crippen LogP contribution in [0.4, 0.5) is 0 Å². The van der Waals surface area contributed by atoms with Gasteiger partial charge >= 0.3 is 5.97 Å². The third-order valence-electron chi connectivity index (χ3n) is 19.9. The normalized spacial score (nSPS) is 51.4. The second-order valence-corrected chi connectivity index (χ2v) is 25.3. The molecule has 9 rings (SSSR count). The maximum atomic E-state index is 13.5. The van der Waals surface area contributed by atoms with Crippen molar-refractivity contribution in [2.45, 2.75) is 259 Å². The maximum Gasteiger partial charge on any atom is 0.306 e. The molecule has 0 amide bonds. The lowest BCUT2D eigenvalue weighted by molar-refractivity contribution is -0.399. The number of fused-ring (bicyclic) bond motifs is 5. The van der Waals surface area contributed by atoms with E-state index < -0.39 is 191 Å². The van der Waals surface area contributed by atoms with Gasteiger partial charge in [-0.15, -0.1) is 0 Å². The van der Waals surface area contributed by atoms with E-state index in [0.717, 1.165) is 18.4 Å². The van der Waals surface area contributed by atoms with Crippen LogP contribution < -0.4 is 0 Å². The second-order valence-electron chi connectivity index (χ2n) is 25.3. The average molecular weight is 1200 g/mol. The number of carbonyl (C=O) groups is 2. The SMILES string of the molecule is CC(=O)C1C(OC(=O)CCC(C)COC2OC(CO)C(O)C(O)C2O)CC2C1CCC1C2CC=C2CC(OC3OC(CO)C(OC4OC(C)C(OC5OC(C)C(O)C(O)C5O)C(O)C4O)C(O)C3OC3OC(O)C(O)C(O)C3C)CCC21C. The Morgan fingerprint density at radius 3 is 1.93 bits per heavy atom. The zero-order chi connectivity index (χ0) is 60.3. The fraction of sp³-hybridized carbons (Fsp3) is 0.929. The molecule has 0 aromatic carbocycles. The van der Waals surface area contributed by atoms with Crippen molar-refractivity contribution in [1.82, 2.24) is 0 Å². The first-order valence-corrected chi connectivity index (χ1v) is 29.6. The highest BCUT2D eigenvalue weighted by Crippen LogP contribution is 2.63. The average Bonchev–Trinajstić information content (AvgIpc) is 2.31. The highest BCUT2D eigenvalue weighted by molar-refractivity contribution is 5.80. The van der Waals surface area contributed by atoms with Gasteiger partial charge in [-0.25, -0.2) is 0 Å². The van der Waals surface area contributed by atoms with E-state index in [1.807, 2.05) is 6.92 Å². The highest BCUT2D eigenvalue weighted by Gasteiger charge is 2.60. The molecule has 34 unspecified atom stereocenters. The van der Waals surface area contributed by atoms with E-state index in [9.17, 15) is 81.1 Å². The van der Waals surface area contributed by atoms with Crippen molar-refractivity contribution in [1.29, 1.82) is 0 Å². The van der Waals surface area contributed by atoms with Gasteiger partial charge in [-0.3, -0.25) is 9.59 Å². The molecular formula is C56H90O27. The Balaban J connectivity index is 0.841. The first-order chi connectivity index (χ1) is 39.3. The van der Waals surface area contributed by atoms with E-state index >= 15 is 0 Å². The summed E-state index contributed by atoms with van der Waals surface area (Å²) in [5.74, 6) is -1.56. The first kappa shape index (κ1) is 65.4. The minimum Gasteiger partial charge on any atom is -0.462 e. The summed E-state index contributed by atoms with van der Waals surface area (Å²) >= 11 is 0. The second kappa shape index (κ2) is 26.9. The molecule has 3 saturated carbocycles. The van der Waals surface area contributed by atoms with Gasteiger partial charge in [-0.1, -0.05) is 32.4 Å². The summed E-state index contributed by atoms with van der Waals surface area (Å²) in [6.45, 7) is 8.72. The number of ether oxygens (including phenoxy) is 11. The summed E-state index contributed by atoms with van der Waals surface area (Å²) in [5, 5.41) is 149. The van der Waals surface area contributed by atoms with Crippen molar-refractivity contribution in [2.24, 2.45) is 46.8 Å². The summed E-state index contributed by atoms with van der Waals surface area (Å²) in [6.07, 6.45) is -30.5. The molecule has 0 aromatic heterocycles. The summed E-state index contributed by atoms with van der Waals surface area (Å²) in [4.78, 5) is 26.9. The number of aliphatic hydroxyl groups excluding tert-OH is 14. The molecule has 5 aliphatic heterocycles. The molecular weight excluding hydrogens is 1100 g/mol. The number of carbonyl (C=O) groups excluding carboxylic acids is 2. The molecule has 8 fully saturated rings. The van der Waals surface area contributed by atoms with Crippen molar-refractivity contribution in [3.05, 3.63) is 11.6 Å². The lowest BCUT2D eigenvalue weighted by Gasteiger charge is -2.55. The van der Waals surface area contributed by atoms with E-state index in [0.29, 0.717) is 38.5 Å². The number of rotatable bonds is 18. The Morgan fingerprint density at radius 2 is 1.24 bits per heavy atom. The number of ketones is 1. The van der Waals surface area contributed by atoms with Gasteiger partial charge in [-0.2, -0.15) is 0 Å². The molecule has 14 N–H and O–H groups in total. The van der Waals surface area contributed by atoms with E-state index in [2.05, 4.69) is 13.0 Å². The topological polar surface area (TPSA) is 419 Å². The molecule has 5 saturated heterocycles. The molecule has 476 valence electrons. The van der Waals surface area contributed by atoms with Crippen LogP contribution in [0.5, 0.6) is 0 Å². The van der Waals surface area contributed by atoms with Crippen molar-refractivity contribution in [3.63, 3.8) is 0 Å². The number of hydrogen-bond donors (Lipinski definition) is 14. The summed E-state index contributed by atoms with van der Waals surface area (Å²) in [5.41, 5.74) is 0.889. The molecule has 4 aliphatic carbocycles. The smallest absolute Gasteiger partial charge is 0.306 e. The van der Waals surface area contributed by atoms with Crippen LogP contribution in [0.25, 0.3) is 0 Å². The monoisotopic (exact) mass is 1190 g/mol. The molecule has 27 heteroatoms. The fourth-order valence-corrected chi connectivity index (χ4v) is 14.9. The number of esters is 1. The lowest BCUT2D eigenvalue weighted by atomic mass is 9.50. The van der Waals surface area contributed by atoms with Gasteiger partial charge in [0.2, 0.25) is 0 Å². The van der Waals surface area contributed by atoms with Crippen LogP contribution in [0, 0.1) is 46.8 Å². The molecule has 34 atom stereocenters. The predicted molar refractivity (Wildman–Crippen MR) is 277 cm³/mol. The highest BCUT2D eigenvalue weighted by atomic mass is 16.8. The third-order valence-corrected chi connectivity index (χ3v) is 19.9. The Bertz CT molecular complexity index is 2190. The third kappa shape index (κ3) is 13.2. The van der Waals surface area contributed by atoms with Crippen LogP contribution in [0.1, 0.15) is 99.3 Å². The number of hydrogen-bond acceptors (Lipinski definition) is 27. The van der Waals surface area contributed by atoms with Gasteiger partial charge in [0.05, 0.1) is 50.2 Å². The van der Waals surface area contributed by atoms with E-state index in [1.165, 1.54) is 20.8 Å². The quantitative estimate of drug-likeness (QED) is 0.0467.